The van der Waals surface area contributed by atoms with Gasteiger partial charge in [0.1, 0.15) is 11.2 Å². The van der Waals surface area contributed by atoms with Crippen molar-refractivity contribution in [3.63, 3.8) is 0 Å². The largest absolute Gasteiger partial charge is 0.456 e. The molecule has 3 heteroatoms. The molecule has 71 heavy (non-hydrogen) atoms. The molecule has 11 aromatic carbocycles. The molecule has 0 radical (unpaired) electrons. The topological polar surface area (TPSA) is 19.6 Å². The van der Waals surface area contributed by atoms with Crippen LogP contribution in [0.1, 0.15) is 44.5 Å². The number of hydrogen-bond acceptors (Lipinski definition) is 3. The van der Waals surface area contributed by atoms with Crippen LogP contribution in [0.25, 0.3) is 75.8 Å². The highest BCUT2D eigenvalue weighted by atomic mass is 16.3. The average Bonchev–Trinajstić information content (AvgIpc) is 3.75. The summed E-state index contributed by atoms with van der Waals surface area (Å²) >= 11 is 0. The van der Waals surface area contributed by atoms with Gasteiger partial charge in [0.15, 0.2) is 0 Å². The van der Waals surface area contributed by atoms with E-state index in [1.807, 2.05) is 0 Å². The van der Waals surface area contributed by atoms with Crippen LogP contribution in [0.15, 0.2) is 199 Å². The van der Waals surface area contributed by atoms with Gasteiger partial charge in [-0.3, -0.25) is 0 Å². The fraction of sp³-hybridized carbons (Fsp3) is 0.118. The third-order valence-electron chi connectivity index (χ3n) is 15.3. The van der Waals surface area contributed by atoms with Gasteiger partial charge in [-0.05, 0) is 245 Å². The van der Waals surface area contributed by atoms with Gasteiger partial charge < -0.3 is 14.2 Å². The summed E-state index contributed by atoms with van der Waals surface area (Å²) in [5.74, 6) is 0. The van der Waals surface area contributed by atoms with Crippen molar-refractivity contribution >= 4 is 110 Å². The van der Waals surface area contributed by atoms with Gasteiger partial charge in [0.25, 0.3) is 0 Å². The molecule has 0 aliphatic carbocycles. The molecule has 344 valence electrons. The van der Waals surface area contributed by atoms with Crippen LogP contribution in [0, 0.1) is 55.4 Å². The van der Waals surface area contributed by atoms with Gasteiger partial charge >= 0.3 is 0 Å². The minimum absolute atomic E-state index is 0.867. The van der Waals surface area contributed by atoms with Crippen molar-refractivity contribution in [3.05, 3.63) is 239 Å². The highest BCUT2D eigenvalue weighted by Gasteiger charge is 2.20. The molecule has 0 aliphatic rings. The number of rotatable bonds is 6. The van der Waals surface area contributed by atoms with Gasteiger partial charge in [0.2, 0.25) is 0 Å². The van der Waals surface area contributed by atoms with Crippen LogP contribution in [-0.2, 0) is 0 Å². The third-order valence-corrected chi connectivity index (χ3v) is 15.3. The van der Waals surface area contributed by atoms with E-state index in [-0.39, 0.29) is 0 Å². The smallest absolute Gasteiger partial charge is 0.136 e. The second kappa shape index (κ2) is 17.2. The minimum Gasteiger partial charge on any atom is -0.456 e. The predicted molar refractivity (Wildman–Crippen MR) is 306 cm³/mol. The van der Waals surface area contributed by atoms with Crippen LogP contribution in [0.2, 0.25) is 0 Å². The molecule has 0 amide bonds. The monoisotopic (exact) mass is 916 g/mol. The molecule has 12 aromatic rings. The first-order valence-electron chi connectivity index (χ1n) is 24.8. The van der Waals surface area contributed by atoms with Crippen molar-refractivity contribution in [1.82, 2.24) is 0 Å². The third kappa shape index (κ3) is 7.52. The SMILES string of the molecule is Cc1ccc(N(c2ccc(C)c(C)c2)c2ccc3c4ccccc4c4ccc(N(c5ccc(C)c(C)c5)c5ccc(C)c(C)c5)cc4c4cc5c(cc4c4ccccc4c3c2)oc2ccccc25)cc1C. The summed E-state index contributed by atoms with van der Waals surface area (Å²) in [4.78, 5) is 4.85. The molecule has 0 unspecified atom stereocenters. The molecular formula is C68H56N2O. The van der Waals surface area contributed by atoms with Crippen LogP contribution in [0.5, 0.6) is 0 Å². The molecule has 1 aromatic heterocycles. The van der Waals surface area contributed by atoms with Gasteiger partial charge in [-0.1, -0.05) is 103 Å². The Morgan fingerprint density at radius 2 is 0.507 bits per heavy atom. The van der Waals surface area contributed by atoms with Crippen molar-refractivity contribution in [1.29, 1.82) is 0 Å². The fourth-order valence-electron chi connectivity index (χ4n) is 10.7. The van der Waals surface area contributed by atoms with Crippen molar-refractivity contribution < 1.29 is 4.42 Å². The lowest BCUT2D eigenvalue weighted by atomic mass is 9.93. The molecule has 1 heterocycles. The molecule has 0 spiro atoms. The Labute approximate surface area is 416 Å². The van der Waals surface area contributed by atoms with Crippen molar-refractivity contribution in [2.75, 3.05) is 9.80 Å². The quantitative estimate of drug-likeness (QED) is 0.166. The number of anilines is 6. The minimum atomic E-state index is 0.867. The molecule has 0 saturated heterocycles. The molecule has 0 N–H and O–H groups in total. The van der Waals surface area contributed by atoms with Gasteiger partial charge in [-0.25, -0.2) is 0 Å². The normalized spacial score (nSPS) is 11.7. The Morgan fingerprint density at radius 3 is 0.915 bits per heavy atom. The maximum Gasteiger partial charge on any atom is 0.136 e. The van der Waals surface area contributed by atoms with Crippen molar-refractivity contribution in [2.45, 2.75) is 55.4 Å². The highest BCUT2D eigenvalue weighted by Crippen LogP contribution is 2.45. The zero-order chi connectivity index (χ0) is 48.7. The standard InChI is InChI=1S/C68H56N2O/c1-41-21-25-49(33-45(41)5)69(50-26-22-42(2)46(6)34-50)53-29-31-59-55-15-9-10-16-56(55)60-32-30-54(70(51-27-23-43(3)47(7)35-51)52-28-24-44(4)48(8)36-52)38-63(60)64-39-66-61-19-13-14-20-67(61)71-68(66)40-65(64)58-18-12-11-17-57(58)62(59)37-53/h9-40H,1-8H3. The summed E-state index contributed by atoms with van der Waals surface area (Å²) in [5.41, 5.74) is 18.6. The Hall–Kier alpha value is -8.40. The van der Waals surface area contributed by atoms with Crippen LogP contribution in [0.3, 0.4) is 0 Å². The van der Waals surface area contributed by atoms with E-state index in [1.165, 1.54) is 66.1 Å². The summed E-state index contributed by atoms with van der Waals surface area (Å²) in [6.45, 7) is 17.6. The summed E-state index contributed by atoms with van der Waals surface area (Å²) < 4.78 is 6.76. The summed E-state index contributed by atoms with van der Waals surface area (Å²) in [6, 6.07) is 72.6. The first-order chi connectivity index (χ1) is 34.5. The van der Waals surface area contributed by atoms with Crippen LogP contribution in [-0.4, -0.2) is 0 Å². The lowest BCUT2D eigenvalue weighted by molar-refractivity contribution is 0.669. The lowest BCUT2D eigenvalue weighted by Crippen LogP contribution is -2.11. The van der Waals surface area contributed by atoms with E-state index in [4.69, 9.17) is 4.42 Å². The molecule has 0 aliphatic heterocycles. The van der Waals surface area contributed by atoms with E-state index in [0.29, 0.717) is 0 Å². The second-order valence-corrected chi connectivity index (χ2v) is 19.8. The molecular weight excluding hydrogens is 861 g/mol. The molecule has 3 nitrogen and oxygen atoms in total. The zero-order valence-electron chi connectivity index (χ0n) is 41.8. The van der Waals surface area contributed by atoms with Crippen molar-refractivity contribution in [2.24, 2.45) is 0 Å². The number of nitrogens with zero attached hydrogens (tertiary/aromatic N) is 2. The van der Waals surface area contributed by atoms with Crippen LogP contribution >= 0.6 is 0 Å². The molecule has 0 atom stereocenters. The maximum atomic E-state index is 6.76. The number of fused-ring (bicyclic) bond motifs is 13. The Bertz CT molecular complexity index is 4130. The number of para-hydroxylation sites is 1. The van der Waals surface area contributed by atoms with E-state index in [9.17, 15) is 0 Å². The van der Waals surface area contributed by atoms with Gasteiger partial charge in [0.05, 0.1) is 0 Å². The number of aryl methyl sites for hydroxylation is 8. The number of furan rings is 1. The van der Waals surface area contributed by atoms with Gasteiger partial charge in [-0.2, -0.15) is 0 Å². The van der Waals surface area contributed by atoms with E-state index < -0.39 is 0 Å². The summed E-state index contributed by atoms with van der Waals surface area (Å²) in [5, 5.41) is 13.8. The first kappa shape index (κ1) is 43.9. The molecule has 0 bridgehead atoms. The maximum absolute atomic E-state index is 6.76. The van der Waals surface area contributed by atoms with Crippen LogP contribution in [0.4, 0.5) is 34.1 Å². The summed E-state index contributed by atoms with van der Waals surface area (Å²) in [7, 11) is 0. The Morgan fingerprint density at radius 1 is 0.211 bits per heavy atom. The first-order valence-corrected chi connectivity index (χ1v) is 24.8. The van der Waals surface area contributed by atoms with Gasteiger partial charge in [0, 0.05) is 44.9 Å². The molecule has 0 saturated carbocycles. The van der Waals surface area contributed by atoms with Crippen molar-refractivity contribution in [3.8, 4) is 0 Å². The lowest BCUT2D eigenvalue weighted by Gasteiger charge is -2.27. The van der Waals surface area contributed by atoms with Crippen LogP contribution < -0.4 is 9.80 Å². The zero-order valence-corrected chi connectivity index (χ0v) is 41.8. The fourth-order valence-corrected chi connectivity index (χ4v) is 10.7. The average molecular weight is 917 g/mol. The molecule has 0 fully saturated rings. The van der Waals surface area contributed by atoms with Gasteiger partial charge in [-0.15, -0.1) is 0 Å². The predicted octanol–water partition coefficient (Wildman–Crippen LogP) is 19.9. The van der Waals surface area contributed by atoms with E-state index in [2.05, 4.69) is 259 Å². The number of benzene rings is 10. The Balaban J connectivity index is 1.26. The highest BCUT2D eigenvalue weighted by molar-refractivity contribution is 6.28. The van der Waals surface area contributed by atoms with E-state index in [1.54, 1.807) is 0 Å². The number of hydrogen-bond donors (Lipinski definition) is 0. The summed E-state index contributed by atoms with van der Waals surface area (Å²) in [6.07, 6.45) is 0. The molecule has 12 rings (SSSR count). The Kier molecular flexibility index (Phi) is 10.6. The van der Waals surface area contributed by atoms with E-state index >= 15 is 0 Å². The second-order valence-electron chi connectivity index (χ2n) is 19.8. The van der Waals surface area contributed by atoms with E-state index in [0.717, 1.165) is 88.4 Å².